The minimum absolute atomic E-state index is 1.48. The first kappa shape index (κ1) is 16.2. The molecule has 0 amide bonds. The van der Waals surface area contributed by atoms with Gasteiger partial charge in [0.05, 0.1) is 0 Å². The van der Waals surface area contributed by atoms with Crippen molar-refractivity contribution in [3.8, 4) is 0 Å². The molecule has 0 fully saturated rings. The monoisotopic (exact) mass is 429 g/mol. The van der Waals surface area contributed by atoms with E-state index in [2.05, 4.69) is 121 Å². The van der Waals surface area contributed by atoms with Gasteiger partial charge >= 0.3 is 154 Å². The van der Waals surface area contributed by atoms with Crippen molar-refractivity contribution in [1.29, 1.82) is 0 Å². The van der Waals surface area contributed by atoms with Gasteiger partial charge in [0.25, 0.3) is 0 Å². The molecule has 0 aromatic heterocycles. The van der Waals surface area contributed by atoms with Crippen molar-refractivity contribution in [2.24, 2.45) is 0 Å². The fourth-order valence-electron chi connectivity index (χ4n) is 3.50. The van der Waals surface area contributed by atoms with Crippen LogP contribution in [0.15, 0.2) is 121 Å². The summed E-state index contributed by atoms with van der Waals surface area (Å²) in [6.07, 6.45) is 0. The van der Waals surface area contributed by atoms with Gasteiger partial charge in [-0.1, -0.05) is 0 Å². The van der Waals surface area contributed by atoms with Crippen molar-refractivity contribution in [1.82, 2.24) is 0 Å². The van der Waals surface area contributed by atoms with Crippen molar-refractivity contribution in [2.75, 3.05) is 0 Å². The summed E-state index contributed by atoms with van der Waals surface area (Å²) < 4.78 is 5.91. The van der Waals surface area contributed by atoms with E-state index in [9.17, 15) is 0 Å². The molecule has 25 heavy (non-hydrogen) atoms. The van der Waals surface area contributed by atoms with Crippen molar-refractivity contribution in [3.63, 3.8) is 0 Å². The third kappa shape index (κ3) is 2.92. The van der Waals surface area contributed by atoms with E-state index >= 15 is 0 Å². The number of hydrogen-bond acceptors (Lipinski definition) is 0. The van der Waals surface area contributed by atoms with E-state index in [4.69, 9.17) is 0 Å². The molecule has 0 atom stereocenters. The molecule has 4 aromatic rings. The molecule has 0 unspecified atom stereocenters. The van der Waals surface area contributed by atoms with E-state index in [0.29, 0.717) is 0 Å². The zero-order valence-electron chi connectivity index (χ0n) is 14.0. The quantitative estimate of drug-likeness (QED) is 0.437. The van der Waals surface area contributed by atoms with Gasteiger partial charge < -0.3 is 0 Å². The standard InChI is InChI=1S/4C6H5.Sb/c4*1-2-4-6-5-3-1;/h4*1-5H;/q;;;;+1. The Bertz CT molecular complexity index is 753. The zero-order chi connectivity index (χ0) is 17.0. The summed E-state index contributed by atoms with van der Waals surface area (Å²) in [7, 11) is 0. The average molecular weight is 430 g/mol. The zero-order valence-corrected chi connectivity index (χ0v) is 16.5. The van der Waals surface area contributed by atoms with Gasteiger partial charge in [-0.25, -0.2) is 0 Å². The van der Waals surface area contributed by atoms with Crippen LogP contribution < -0.4 is 14.0 Å². The molecule has 4 rings (SSSR count). The number of hydrogen-bond donors (Lipinski definition) is 0. The molecule has 4 aromatic carbocycles. The van der Waals surface area contributed by atoms with Crippen molar-refractivity contribution < 1.29 is 0 Å². The molecule has 0 N–H and O–H groups in total. The van der Waals surface area contributed by atoms with Crippen molar-refractivity contribution >= 4 is 32.8 Å². The van der Waals surface area contributed by atoms with Crippen LogP contribution in [0.3, 0.4) is 0 Å². The molecule has 0 saturated heterocycles. The first-order chi connectivity index (χ1) is 12.4. The van der Waals surface area contributed by atoms with Crippen LogP contribution in [0.1, 0.15) is 0 Å². The second-order valence-corrected chi connectivity index (χ2v) is 15.7. The van der Waals surface area contributed by atoms with Crippen LogP contribution in [-0.2, 0) is 0 Å². The molecule has 0 heterocycles. The Labute approximate surface area is 153 Å². The summed E-state index contributed by atoms with van der Waals surface area (Å²) in [4.78, 5) is 0. The Balaban J connectivity index is 2.13. The molecule has 120 valence electrons. The first-order valence-corrected chi connectivity index (χ1v) is 13.6. The molecular formula is C24H20Sb+. The van der Waals surface area contributed by atoms with Gasteiger partial charge in [0.15, 0.2) is 0 Å². The molecular weight excluding hydrogens is 410 g/mol. The van der Waals surface area contributed by atoms with Gasteiger partial charge in [0.1, 0.15) is 0 Å². The normalized spacial score (nSPS) is 11.2. The SMILES string of the molecule is c1cc[c]([Sb+]([c]2ccccc2)([c]2ccccc2)[c]2ccccc2)cc1. The van der Waals surface area contributed by atoms with E-state index < -0.39 is 18.8 Å². The topological polar surface area (TPSA) is 0 Å². The molecule has 1 heteroatoms. The maximum absolute atomic E-state index is 3.17. The Kier molecular flexibility index (Phi) is 4.72. The van der Waals surface area contributed by atoms with Crippen LogP contribution in [-0.4, -0.2) is 18.8 Å². The van der Waals surface area contributed by atoms with Gasteiger partial charge in [-0.3, -0.25) is 0 Å². The summed E-state index contributed by atoms with van der Waals surface area (Å²) in [5.41, 5.74) is 0. The summed E-state index contributed by atoms with van der Waals surface area (Å²) in [5.74, 6) is 0. The Morgan fingerprint density at radius 3 is 0.680 bits per heavy atom. The van der Waals surface area contributed by atoms with Crippen LogP contribution in [0.5, 0.6) is 0 Å². The van der Waals surface area contributed by atoms with E-state index in [0.717, 1.165) is 0 Å². The summed E-state index contributed by atoms with van der Waals surface area (Å²) >= 11 is -3.17. The number of rotatable bonds is 4. The molecule has 0 aliphatic carbocycles. The summed E-state index contributed by atoms with van der Waals surface area (Å²) in [6.45, 7) is 0. The third-order valence-corrected chi connectivity index (χ3v) is 16.8. The second kappa shape index (κ2) is 7.29. The summed E-state index contributed by atoms with van der Waals surface area (Å²) in [5, 5.41) is 0. The summed E-state index contributed by atoms with van der Waals surface area (Å²) in [6, 6.07) is 44.4. The van der Waals surface area contributed by atoms with Crippen LogP contribution in [0.2, 0.25) is 0 Å². The van der Waals surface area contributed by atoms with E-state index in [-0.39, 0.29) is 0 Å². The predicted octanol–water partition coefficient (Wildman–Crippen LogP) is 3.06. The third-order valence-electron chi connectivity index (χ3n) is 4.57. The second-order valence-electron chi connectivity index (χ2n) is 6.01. The minimum atomic E-state index is -3.17. The Hall–Kier alpha value is -2.30. The van der Waals surface area contributed by atoms with Crippen molar-refractivity contribution in [2.45, 2.75) is 0 Å². The van der Waals surface area contributed by atoms with Crippen LogP contribution in [0, 0.1) is 0 Å². The van der Waals surface area contributed by atoms with Gasteiger partial charge in [-0.15, -0.1) is 0 Å². The molecule has 0 nitrogen and oxygen atoms in total. The Morgan fingerprint density at radius 2 is 0.480 bits per heavy atom. The van der Waals surface area contributed by atoms with Crippen molar-refractivity contribution in [3.05, 3.63) is 121 Å². The fraction of sp³-hybridized carbons (Fsp3) is 0. The Morgan fingerprint density at radius 1 is 0.280 bits per heavy atom. The van der Waals surface area contributed by atoms with Crippen LogP contribution in [0.25, 0.3) is 0 Å². The van der Waals surface area contributed by atoms with Crippen LogP contribution >= 0.6 is 0 Å². The average Bonchev–Trinajstić information content (AvgIpc) is 2.72. The van der Waals surface area contributed by atoms with Gasteiger partial charge in [0, 0.05) is 0 Å². The van der Waals surface area contributed by atoms with Gasteiger partial charge in [-0.2, -0.15) is 0 Å². The molecule has 0 radical (unpaired) electrons. The number of benzene rings is 4. The molecule has 0 aliphatic rings. The fourth-order valence-corrected chi connectivity index (χ4v) is 15.7. The maximum atomic E-state index is 2.32. The van der Waals surface area contributed by atoms with E-state index in [1.165, 1.54) is 14.0 Å². The molecule has 0 spiro atoms. The molecule has 0 bridgehead atoms. The van der Waals surface area contributed by atoms with E-state index in [1.54, 1.807) is 0 Å². The molecule has 0 saturated carbocycles. The predicted molar refractivity (Wildman–Crippen MR) is 110 cm³/mol. The van der Waals surface area contributed by atoms with Gasteiger partial charge in [-0.05, 0) is 0 Å². The van der Waals surface area contributed by atoms with E-state index in [1.807, 2.05) is 0 Å². The molecule has 0 aliphatic heterocycles. The first-order valence-electron chi connectivity index (χ1n) is 8.54. The van der Waals surface area contributed by atoms with Crippen LogP contribution in [0.4, 0.5) is 0 Å². The van der Waals surface area contributed by atoms with Gasteiger partial charge in [0.2, 0.25) is 0 Å².